The van der Waals surface area contributed by atoms with Crippen LogP contribution in [0.2, 0.25) is 0 Å². The molecule has 1 saturated heterocycles. The van der Waals surface area contributed by atoms with Gasteiger partial charge in [0.2, 0.25) is 0 Å². The second-order valence-corrected chi connectivity index (χ2v) is 11.5. The molecule has 5 nitrogen and oxygen atoms in total. The molecule has 2 unspecified atom stereocenters. The van der Waals surface area contributed by atoms with E-state index in [4.69, 9.17) is 9.47 Å². The number of ether oxygens (including phenoxy) is 2. The third-order valence-corrected chi connectivity index (χ3v) is 8.81. The first-order valence-electron chi connectivity index (χ1n) is 14.0. The molecule has 194 valence electrons. The molecule has 0 amide bonds. The van der Waals surface area contributed by atoms with Crippen molar-refractivity contribution in [3.63, 3.8) is 0 Å². The van der Waals surface area contributed by atoms with Gasteiger partial charge in [0, 0.05) is 18.8 Å². The Hall–Kier alpha value is -2.37. The van der Waals surface area contributed by atoms with Crippen LogP contribution in [0.5, 0.6) is 5.75 Å². The molecule has 3 atom stereocenters. The smallest absolute Gasteiger partial charge is 0.343 e. The molecule has 3 aliphatic rings. The molecule has 2 fully saturated rings. The van der Waals surface area contributed by atoms with Crippen LogP contribution in [0.25, 0.3) is 0 Å². The van der Waals surface area contributed by atoms with Gasteiger partial charge in [-0.05, 0) is 67.3 Å². The Labute approximate surface area is 216 Å². The van der Waals surface area contributed by atoms with Gasteiger partial charge in [-0.1, -0.05) is 49.2 Å². The molecule has 2 aliphatic carbocycles. The number of rotatable bonds is 9. The number of benzene rings is 2. The molecule has 36 heavy (non-hydrogen) atoms. The Morgan fingerprint density at radius 3 is 2.53 bits per heavy atom. The lowest BCUT2D eigenvalue weighted by molar-refractivity contribution is -0.899. The molecule has 0 bridgehead atoms. The van der Waals surface area contributed by atoms with E-state index in [2.05, 4.69) is 25.2 Å². The van der Waals surface area contributed by atoms with Crippen LogP contribution >= 0.6 is 0 Å². The van der Waals surface area contributed by atoms with Crippen LogP contribution in [0.15, 0.2) is 48.5 Å². The van der Waals surface area contributed by atoms with Crippen molar-refractivity contribution in [1.82, 2.24) is 0 Å². The lowest BCUT2D eigenvalue weighted by Crippen LogP contribution is -2.47. The summed E-state index contributed by atoms with van der Waals surface area (Å²) >= 11 is 0. The highest BCUT2D eigenvalue weighted by Gasteiger charge is 2.49. The lowest BCUT2D eigenvalue weighted by Gasteiger charge is -2.33. The maximum absolute atomic E-state index is 13.4. The van der Waals surface area contributed by atoms with Crippen LogP contribution in [-0.2, 0) is 28.0 Å². The number of hydrogen-bond acceptors (Lipinski definition) is 4. The molecule has 0 spiro atoms. The van der Waals surface area contributed by atoms with Gasteiger partial charge in [0.25, 0.3) is 0 Å². The first kappa shape index (κ1) is 25.3. The van der Waals surface area contributed by atoms with Crippen LogP contribution in [0, 0.1) is 5.92 Å². The number of fused-ring (bicyclic) bond motifs is 1. The molecule has 5 heteroatoms. The van der Waals surface area contributed by atoms with E-state index in [-0.39, 0.29) is 12.0 Å². The number of likely N-dealkylation sites (N-methyl/N-ethyl adjacent to an activating group) is 1. The summed E-state index contributed by atoms with van der Waals surface area (Å²) in [6.45, 7) is 3.46. The minimum atomic E-state index is -1.55. The van der Waals surface area contributed by atoms with E-state index in [9.17, 15) is 9.90 Å². The number of likely N-dealkylation sites (tertiary alicyclic amines) is 1. The molecule has 1 aliphatic heterocycles. The van der Waals surface area contributed by atoms with Crippen molar-refractivity contribution in [1.29, 1.82) is 0 Å². The van der Waals surface area contributed by atoms with Crippen molar-refractivity contribution in [3.05, 3.63) is 65.2 Å². The number of quaternary nitrogens is 1. The van der Waals surface area contributed by atoms with Crippen molar-refractivity contribution in [2.24, 2.45) is 5.92 Å². The standard InChI is InChI=1S/C31H42NO4/c1-32(19-9-21-35-28-17-16-24-10-5-6-11-25(24)22-28)20-18-29(23-32)36-30(33)31(34,27-14-7-8-15-27)26-12-3-2-4-13-26/h2-4,12-13,16-17,22,27,29,34H,5-11,14-15,18-21,23H2,1H3/q+1/t29?,31-,32?/m0/s1. The summed E-state index contributed by atoms with van der Waals surface area (Å²) in [5.74, 6) is 0.448. The molecule has 1 N–H and O–H groups in total. The van der Waals surface area contributed by atoms with E-state index in [1.165, 1.54) is 36.8 Å². The van der Waals surface area contributed by atoms with Crippen LogP contribution in [-0.4, -0.2) is 55.0 Å². The van der Waals surface area contributed by atoms with Gasteiger partial charge in [-0.3, -0.25) is 0 Å². The van der Waals surface area contributed by atoms with Crippen molar-refractivity contribution in [2.45, 2.75) is 75.9 Å². The van der Waals surface area contributed by atoms with Crippen LogP contribution in [0.3, 0.4) is 0 Å². The summed E-state index contributed by atoms with van der Waals surface area (Å²) in [5, 5.41) is 11.7. The molecule has 1 heterocycles. The van der Waals surface area contributed by atoms with E-state index >= 15 is 0 Å². The van der Waals surface area contributed by atoms with Gasteiger partial charge in [-0.15, -0.1) is 0 Å². The Balaban J connectivity index is 1.13. The Morgan fingerprint density at radius 2 is 1.75 bits per heavy atom. The second-order valence-electron chi connectivity index (χ2n) is 11.5. The van der Waals surface area contributed by atoms with Crippen LogP contribution in [0.1, 0.15) is 68.1 Å². The average molecular weight is 493 g/mol. The number of carbonyl (C=O) groups is 1. The van der Waals surface area contributed by atoms with Gasteiger partial charge in [0.1, 0.15) is 12.3 Å². The van der Waals surface area contributed by atoms with Gasteiger partial charge in [-0.25, -0.2) is 4.79 Å². The summed E-state index contributed by atoms with van der Waals surface area (Å²) in [7, 11) is 2.24. The fraction of sp³-hybridized carbons (Fsp3) is 0.581. The van der Waals surface area contributed by atoms with E-state index in [0.717, 1.165) is 68.4 Å². The number of carbonyl (C=O) groups excluding carboxylic acids is 1. The normalized spacial score (nSPS) is 25.8. The quantitative estimate of drug-likeness (QED) is 0.298. The Bertz CT molecular complexity index is 1030. The van der Waals surface area contributed by atoms with Gasteiger partial charge in [0.15, 0.2) is 11.7 Å². The number of aryl methyl sites for hydroxylation is 2. The first-order chi connectivity index (χ1) is 17.5. The van der Waals surface area contributed by atoms with Gasteiger partial charge in [0.05, 0.1) is 26.7 Å². The number of hydrogen-bond donors (Lipinski definition) is 1. The summed E-state index contributed by atoms with van der Waals surface area (Å²) in [5.41, 5.74) is 2.05. The highest BCUT2D eigenvalue weighted by atomic mass is 16.6. The zero-order valence-electron chi connectivity index (χ0n) is 21.8. The maximum atomic E-state index is 13.4. The van der Waals surface area contributed by atoms with Gasteiger partial charge >= 0.3 is 5.97 Å². The average Bonchev–Trinajstić information content (AvgIpc) is 3.57. The van der Waals surface area contributed by atoms with Gasteiger partial charge < -0.3 is 19.1 Å². The number of esters is 1. The molecule has 1 saturated carbocycles. The first-order valence-corrected chi connectivity index (χ1v) is 14.0. The van der Waals surface area contributed by atoms with Crippen molar-refractivity contribution >= 4 is 5.97 Å². The highest BCUT2D eigenvalue weighted by Crippen LogP contribution is 2.42. The van der Waals surface area contributed by atoms with E-state index < -0.39 is 11.6 Å². The summed E-state index contributed by atoms with van der Waals surface area (Å²) in [6.07, 6.45) is 10.4. The van der Waals surface area contributed by atoms with Crippen molar-refractivity contribution < 1.29 is 23.9 Å². The minimum absolute atomic E-state index is 0.0737. The van der Waals surface area contributed by atoms with E-state index in [0.29, 0.717) is 12.2 Å². The highest BCUT2D eigenvalue weighted by molar-refractivity contribution is 5.81. The molecule has 0 aromatic heterocycles. The van der Waals surface area contributed by atoms with Crippen LogP contribution in [0.4, 0.5) is 0 Å². The number of aliphatic hydroxyl groups is 1. The third kappa shape index (κ3) is 5.47. The fourth-order valence-electron chi connectivity index (χ4n) is 6.66. The van der Waals surface area contributed by atoms with E-state index in [1.807, 2.05) is 30.3 Å². The van der Waals surface area contributed by atoms with E-state index in [1.54, 1.807) is 0 Å². The molecule has 0 radical (unpaired) electrons. The Kier molecular flexibility index (Phi) is 7.68. The largest absolute Gasteiger partial charge is 0.493 e. The lowest BCUT2D eigenvalue weighted by atomic mass is 9.80. The topological polar surface area (TPSA) is 55.8 Å². The summed E-state index contributed by atoms with van der Waals surface area (Å²) in [6, 6.07) is 16.0. The van der Waals surface area contributed by atoms with Gasteiger partial charge in [-0.2, -0.15) is 0 Å². The predicted octanol–water partition coefficient (Wildman–Crippen LogP) is 5.17. The minimum Gasteiger partial charge on any atom is -0.493 e. The van der Waals surface area contributed by atoms with Crippen molar-refractivity contribution in [3.8, 4) is 5.75 Å². The predicted molar refractivity (Wildman–Crippen MR) is 141 cm³/mol. The monoisotopic (exact) mass is 492 g/mol. The molecule has 5 rings (SSSR count). The summed E-state index contributed by atoms with van der Waals surface area (Å²) < 4.78 is 13.0. The third-order valence-electron chi connectivity index (χ3n) is 8.81. The molecule has 2 aromatic carbocycles. The zero-order valence-corrected chi connectivity index (χ0v) is 21.8. The fourth-order valence-corrected chi connectivity index (χ4v) is 6.66. The molecule has 2 aromatic rings. The SMILES string of the molecule is C[N+]1(CCCOc2ccc3c(c2)CCCC3)CCC(OC(=O)[C@](O)(c2ccccc2)C2CCCC2)C1. The van der Waals surface area contributed by atoms with Crippen molar-refractivity contribution in [2.75, 3.05) is 33.3 Å². The molecular weight excluding hydrogens is 450 g/mol. The second kappa shape index (κ2) is 10.9. The molecular formula is C31H42NO4+. The zero-order chi connectivity index (χ0) is 25.0. The summed E-state index contributed by atoms with van der Waals surface area (Å²) in [4.78, 5) is 13.4. The van der Waals surface area contributed by atoms with Crippen LogP contribution < -0.4 is 4.74 Å². The number of nitrogens with zero attached hydrogens (tertiary/aromatic N) is 1. The maximum Gasteiger partial charge on any atom is 0.343 e. The Morgan fingerprint density at radius 1 is 1.00 bits per heavy atom.